The van der Waals surface area contributed by atoms with Crippen molar-refractivity contribution >= 4 is 21.4 Å². The van der Waals surface area contributed by atoms with Crippen LogP contribution < -0.4 is 4.72 Å². The lowest BCUT2D eigenvalue weighted by Gasteiger charge is -2.16. The maximum Gasteiger partial charge on any atom is 0.215 e. The average molecular weight is 332 g/mol. The lowest BCUT2D eigenvalue weighted by atomic mass is 9.98. The molecule has 1 atom stereocenters. The molecule has 1 N–H and O–H groups in total. The van der Waals surface area contributed by atoms with Gasteiger partial charge in [-0.1, -0.05) is 27.7 Å². The van der Waals surface area contributed by atoms with Crippen LogP contribution in [-0.2, 0) is 22.0 Å². The zero-order chi connectivity index (χ0) is 15.7. The van der Waals surface area contributed by atoms with Crippen LogP contribution in [0.25, 0.3) is 0 Å². The van der Waals surface area contributed by atoms with Gasteiger partial charge in [-0.25, -0.2) is 18.1 Å². The van der Waals surface area contributed by atoms with Crippen LogP contribution in [0.3, 0.4) is 0 Å². The van der Waals surface area contributed by atoms with Crippen LogP contribution in [0.1, 0.15) is 44.0 Å². The van der Waals surface area contributed by atoms with Crippen LogP contribution in [0.5, 0.6) is 0 Å². The summed E-state index contributed by atoms with van der Waals surface area (Å²) in [6.07, 6.45) is 2.64. The minimum atomic E-state index is -3.16. The van der Waals surface area contributed by atoms with E-state index in [1.54, 1.807) is 11.3 Å². The Hall–Kier alpha value is -0.500. The highest BCUT2D eigenvalue weighted by Gasteiger charge is 2.32. The Bertz CT molecular complexity index is 575. The first-order chi connectivity index (χ1) is 9.72. The van der Waals surface area contributed by atoms with Crippen molar-refractivity contribution in [1.82, 2.24) is 14.6 Å². The average Bonchev–Trinajstić information content (AvgIpc) is 2.98. The summed E-state index contributed by atoms with van der Waals surface area (Å²) >= 11 is 1.73. The van der Waals surface area contributed by atoms with Gasteiger partial charge >= 0.3 is 0 Å². The van der Waals surface area contributed by atoms with Crippen molar-refractivity contribution in [3.05, 3.63) is 16.1 Å². The third-order valence-electron chi connectivity index (χ3n) is 3.59. The Balaban J connectivity index is 1.96. The highest BCUT2D eigenvalue weighted by atomic mass is 32.2. The summed E-state index contributed by atoms with van der Waals surface area (Å²) in [6, 6.07) is 0. The molecule has 0 spiro atoms. The van der Waals surface area contributed by atoms with Gasteiger partial charge in [-0.3, -0.25) is 4.90 Å². The third kappa shape index (κ3) is 4.25. The Kier molecular flexibility index (Phi) is 5.07. The van der Waals surface area contributed by atoms with Crippen molar-refractivity contribution in [2.24, 2.45) is 0 Å². The van der Waals surface area contributed by atoms with E-state index in [4.69, 9.17) is 0 Å². The first kappa shape index (κ1) is 16.9. The van der Waals surface area contributed by atoms with E-state index in [1.807, 2.05) is 13.1 Å². The standard InChI is InChI=1S/C14H25N3O2S2/c1-5-16-21(18,19)12-6-7-17(10-12)9-11-8-15-13(20-11)14(2,3)4/h8,12,16H,5-7,9-10H2,1-4H3. The van der Waals surface area contributed by atoms with E-state index in [0.717, 1.165) is 18.1 Å². The first-order valence-corrected chi connectivity index (χ1v) is 9.74. The second kappa shape index (κ2) is 6.32. The summed E-state index contributed by atoms with van der Waals surface area (Å²) in [4.78, 5) is 7.91. The van der Waals surface area contributed by atoms with E-state index in [-0.39, 0.29) is 10.7 Å². The molecule has 0 amide bonds. The largest absolute Gasteiger partial charge is 0.297 e. The molecule has 1 fully saturated rings. The molecule has 0 bridgehead atoms. The topological polar surface area (TPSA) is 62.3 Å². The van der Waals surface area contributed by atoms with Gasteiger partial charge in [0.05, 0.1) is 10.3 Å². The molecule has 0 saturated carbocycles. The fourth-order valence-corrected chi connectivity index (χ4v) is 4.93. The van der Waals surface area contributed by atoms with E-state index < -0.39 is 10.0 Å². The summed E-state index contributed by atoms with van der Waals surface area (Å²) in [5.41, 5.74) is 0.0743. The second-order valence-corrected chi connectivity index (χ2v) is 9.73. The summed E-state index contributed by atoms with van der Waals surface area (Å²) in [5, 5.41) is 0.848. The SMILES string of the molecule is CCNS(=O)(=O)C1CCN(Cc2cnc(C(C)(C)C)s2)C1. The quantitative estimate of drug-likeness (QED) is 0.896. The smallest absolute Gasteiger partial charge is 0.215 e. The predicted molar refractivity (Wildman–Crippen MR) is 87.1 cm³/mol. The molecular weight excluding hydrogens is 306 g/mol. The van der Waals surface area contributed by atoms with Gasteiger partial charge in [-0.2, -0.15) is 0 Å². The van der Waals surface area contributed by atoms with Gasteiger partial charge in [0.25, 0.3) is 0 Å². The molecule has 2 heterocycles. The number of likely N-dealkylation sites (tertiary alicyclic amines) is 1. The molecule has 1 saturated heterocycles. The molecule has 21 heavy (non-hydrogen) atoms. The van der Waals surface area contributed by atoms with Crippen LogP contribution in [0, 0.1) is 0 Å². The molecule has 1 unspecified atom stereocenters. The lowest BCUT2D eigenvalue weighted by Crippen LogP contribution is -2.36. The highest BCUT2D eigenvalue weighted by molar-refractivity contribution is 7.90. The van der Waals surface area contributed by atoms with Crippen molar-refractivity contribution < 1.29 is 8.42 Å². The summed E-state index contributed by atoms with van der Waals surface area (Å²) in [6.45, 7) is 11.0. The fourth-order valence-electron chi connectivity index (χ4n) is 2.46. The number of hydrogen-bond donors (Lipinski definition) is 1. The van der Waals surface area contributed by atoms with Gasteiger partial charge in [0, 0.05) is 36.1 Å². The number of rotatable bonds is 5. The van der Waals surface area contributed by atoms with Gasteiger partial charge in [-0.05, 0) is 13.0 Å². The summed E-state index contributed by atoms with van der Waals surface area (Å²) in [5.74, 6) is 0. The van der Waals surface area contributed by atoms with E-state index in [0.29, 0.717) is 19.5 Å². The molecule has 1 aromatic heterocycles. The summed E-state index contributed by atoms with van der Waals surface area (Å²) in [7, 11) is -3.16. The summed E-state index contributed by atoms with van der Waals surface area (Å²) < 4.78 is 26.6. The minimum Gasteiger partial charge on any atom is -0.297 e. The molecule has 0 aliphatic carbocycles. The number of nitrogens with zero attached hydrogens (tertiary/aromatic N) is 2. The molecular formula is C14H25N3O2S2. The van der Waals surface area contributed by atoms with Crippen molar-refractivity contribution in [2.75, 3.05) is 19.6 Å². The number of sulfonamides is 1. The Labute approximate surface area is 131 Å². The number of aromatic nitrogens is 1. The number of nitrogens with one attached hydrogen (secondary N) is 1. The van der Waals surface area contributed by atoms with Crippen molar-refractivity contribution in [3.8, 4) is 0 Å². The van der Waals surface area contributed by atoms with Gasteiger partial charge in [0.1, 0.15) is 0 Å². The molecule has 0 aromatic carbocycles. The monoisotopic (exact) mass is 331 g/mol. The number of hydrogen-bond acceptors (Lipinski definition) is 5. The Morgan fingerprint density at radius 3 is 2.76 bits per heavy atom. The Morgan fingerprint density at radius 1 is 1.48 bits per heavy atom. The van der Waals surface area contributed by atoms with Crippen LogP contribution in [0.2, 0.25) is 0 Å². The van der Waals surface area contributed by atoms with E-state index in [1.165, 1.54) is 4.88 Å². The maximum atomic E-state index is 12.0. The maximum absolute atomic E-state index is 12.0. The zero-order valence-electron chi connectivity index (χ0n) is 13.2. The third-order valence-corrected chi connectivity index (χ3v) is 6.95. The fraction of sp³-hybridized carbons (Fsp3) is 0.786. The van der Waals surface area contributed by atoms with Gasteiger partial charge < -0.3 is 0 Å². The van der Waals surface area contributed by atoms with E-state index >= 15 is 0 Å². The van der Waals surface area contributed by atoms with Crippen molar-refractivity contribution in [2.45, 2.75) is 51.3 Å². The molecule has 2 rings (SSSR count). The molecule has 7 heteroatoms. The zero-order valence-corrected chi connectivity index (χ0v) is 14.9. The van der Waals surface area contributed by atoms with Crippen molar-refractivity contribution in [1.29, 1.82) is 0 Å². The van der Waals surface area contributed by atoms with Crippen LogP contribution in [0.4, 0.5) is 0 Å². The number of thiazole rings is 1. The molecule has 120 valence electrons. The lowest BCUT2D eigenvalue weighted by molar-refractivity contribution is 0.334. The predicted octanol–water partition coefficient (Wildman–Crippen LogP) is 1.95. The highest BCUT2D eigenvalue weighted by Crippen LogP contribution is 2.28. The van der Waals surface area contributed by atoms with Crippen LogP contribution in [-0.4, -0.2) is 43.2 Å². The molecule has 1 aliphatic heterocycles. The molecule has 5 nitrogen and oxygen atoms in total. The van der Waals surface area contributed by atoms with Gasteiger partial charge in [0.2, 0.25) is 10.0 Å². The van der Waals surface area contributed by atoms with Gasteiger partial charge in [0.15, 0.2) is 0 Å². The van der Waals surface area contributed by atoms with Crippen LogP contribution >= 0.6 is 11.3 Å². The van der Waals surface area contributed by atoms with E-state index in [9.17, 15) is 8.42 Å². The molecule has 1 aliphatic rings. The second-order valence-electron chi connectivity index (χ2n) is 6.57. The normalized spacial score (nSPS) is 21.0. The van der Waals surface area contributed by atoms with Gasteiger partial charge in [-0.15, -0.1) is 11.3 Å². The molecule has 0 radical (unpaired) electrons. The van der Waals surface area contributed by atoms with Crippen molar-refractivity contribution in [3.63, 3.8) is 0 Å². The first-order valence-electron chi connectivity index (χ1n) is 7.38. The van der Waals surface area contributed by atoms with Crippen LogP contribution in [0.15, 0.2) is 6.20 Å². The Morgan fingerprint density at radius 2 is 2.19 bits per heavy atom. The minimum absolute atomic E-state index is 0.0743. The van der Waals surface area contributed by atoms with E-state index in [2.05, 4.69) is 35.4 Å². The molecule has 1 aromatic rings.